The van der Waals surface area contributed by atoms with Gasteiger partial charge in [0.25, 0.3) is 0 Å². The number of rotatable bonds is 3. The van der Waals surface area contributed by atoms with Crippen molar-refractivity contribution in [3.05, 3.63) is 0 Å². The maximum atomic E-state index is 12.9. The van der Waals surface area contributed by atoms with Crippen molar-refractivity contribution in [3.8, 4) is 0 Å². The Labute approximate surface area is 125 Å². The third-order valence-corrected chi connectivity index (χ3v) is 4.71. The first-order valence-electron chi connectivity index (χ1n) is 8.04. The van der Waals surface area contributed by atoms with E-state index in [0.29, 0.717) is 25.8 Å². The quantitative estimate of drug-likeness (QED) is 0.770. The summed E-state index contributed by atoms with van der Waals surface area (Å²) in [6, 6.07) is -0.174. The van der Waals surface area contributed by atoms with E-state index in [-0.39, 0.29) is 11.8 Å². The number of nitrogens with one attached hydrogen (secondary N) is 2. The zero-order chi connectivity index (χ0) is 14.9. The minimum Gasteiger partial charge on any atom is -0.377 e. The summed E-state index contributed by atoms with van der Waals surface area (Å²) in [6.07, 6.45) is 5.09. The molecule has 0 radical (unpaired) electrons. The van der Waals surface area contributed by atoms with Crippen LogP contribution in [-0.2, 0) is 14.3 Å². The van der Waals surface area contributed by atoms with Crippen molar-refractivity contribution < 1.29 is 14.3 Å². The number of hydrogen-bond donors (Lipinski definition) is 2. The maximum absolute atomic E-state index is 12.9. The Hall–Kier alpha value is -1.14. The summed E-state index contributed by atoms with van der Waals surface area (Å²) in [5.41, 5.74) is -0.534. The highest BCUT2D eigenvalue weighted by Gasteiger charge is 2.43. The van der Waals surface area contributed by atoms with Crippen LogP contribution in [0, 0.1) is 0 Å². The molecule has 2 unspecified atom stereocenters. The monoisotopic (exact) mass is 295 g/mol. The van der Waals surface area contributed by atoms with Crippen LogP contribution < -0.4 is 10.6 Å². The molecule has 3 fully saturated rings. The fraction of sp³-hybridized carbons (Fsp3) is 0.867. The van der Waals surface area contributed by atoms with Crippen LogP contribution in [0.15, 0.2) is 0 Å². The molecule has 0 spiro atoms. The summed E-state index contributed by atoms with van der Waals surface area (Å²) in [6.45, 7) is 4.14. The van der Waals surface area contributed by atoms with E-state index in [2.05, 4.69) is 10.6 Å². The SMILES string of the molecule is CC1(C(=O)N2CCOCC2C(=O)NC2CC2)CCCCN1. The number of carbonyl (C=O) groups excluding carboxylic acids is 2. The molecule has 2 amide bonds. The van der Waals surface area contributed by atoms with Gasteiger partial charge in [-0.15, -0.1) is 0 Å². The normalized spacial score (nSPS) is 33.6. The van der Waals surface area contributed by atoms with Crippen LogP contribution in [-0.4, -0.2) is 60.6 Å². The van der Waals surface area contributed by atoms with Crippen molar-refractivity contribution in [2.24, 2.45) is 0 Å². The molecule has 6 nitrogen and oxygen atoms in total. The van der Waals surface area contributed by atoms with E-state index in [0.717, 1.165) is 38.6 Å². The molecule has 2 aliphatic heterocycles. The number of morpholine rings is 1. The minimum absolute atomic E-state index is 0.0430. The summed E-state index contributed by atoms with van der Waals surface area (Å²) < 4.78 is 5.43. The van der Waals surface area contributed by atoms with E-state index in [4.69, 9.17) is 4.74 Å². The van der Waals surface area contributed by atoms with Crippen molar-refractivity contribution in [2.45, 2.75) is 56.7 Å². The molecule has 0 bridgehead atoms. The fourth-order valence-corrected chi connectivity index (χ4v) is 3.14. The highest BCUT2D eigenvalue weighted by atomic mass is 16.5. The summed E-state index contributed by atoms with van der Waals surface area (Å²) >= 11 is 0. The highest BCUT2D eigenvalue weighted by Crippen LogP contribution is 2.24. The number of piperidine rings is 1. The standard InChI is InChI=1S/C15H25N3O3/c1-15(6-2-3-7-16-15)14(20)18-8-9-21-10-12(18)13(19)17-11-4-5-11/h11-12,16H,2-10H2,1H3,(H,17,19). The van der Waals surface area contributed by atoms with E-state index < -0.39 is 11.6 Å². The maximum Gasteiger partial charge on any atom is 0.245 e. The van der Waals surface area contributed by atoms with Crippen molar-refractivity contribution in [3.63, 3.8) is 0 Å². The number of ether oxygens (including phenoxy) is 1. The van der Waals surface area contributed by atoms with Gasteiger partial charge in [0.15, 0.2) is 0 Å². The molecule has 0 aromatic carbocycles. The van der Waals surface area contributed by atoms with Gasteiger partial charge < -0.3 is 20.3 Å². The summed E-state index contributed by atoms with van der Waals surface area (Å²) in [4.78, 5) is 27.0. The molecule has 2 atom stereocenters. The lowest BCUT2D eigenvalue weighted by molar-refractivity contribution is -0.154. The Morgan fingerprint density at radius 1 is 1.33 bits per heavy atom. The molecule has 6 heteroatoms. The van der Waals surface area contributed by atoms with E-state index in [1.165, 1.54) is 0 Å². The van der Waals surface area contributed by atoms with Crippen LogP contribution in [0.1, 0.15) is 39.0 Å². The molecule has 2 heterocycles. The van der Waals surface area contributed by atoms with Crippen LogP contribution in [0.2, 0.25) is 0 Å². The molecule has 21 heavy (non-hydrogen) atoms. The third kappa shape index (κ3) is 3.21. The van der Waals surface area contributed by atoms with Gasteiger partial charge in [-0.3, -0.25) is 9.59 Å². The predicted octanol–water partition coefficient (Wildman–Crippen LogP) is 0.0246. The molecule has 3 aliphatic rings. The lowest BCUT2D eigenvalue weighted by atomic mass is 9.89. The third-order valence-electron chi connectivity index (χ3n) is 4.71. The first-order valence-corrected chi connectivity index (χ1v) is 8.04. The Bertz CT molecular complexity index is 416. The van der Waals surface area contributed by atoms with E-state index in [1.807, 2.05) is 6.92 Å². The minimum atomic E-state index is -0.534. The van der Waals surface area contributed by atoms with Gasteiger partial charge in [-0.25, -0.2) is 0 Å². The lowest BCUT2D eigenvalue weighted by Crippen LogP contribution is -2.64. The Morgan fingerprint density at radius 2 is 2.14 bits per heavy atom. The van der Waals surface area contributed by atoms with Gasteiger partial charge in [-0.1, -0.05) is 0 Å². The molecule has 0 aromatic rings. The van der Waals surface area contributed by atoms with E-state index >= 15 is 0 Å². The molecular weight excluding hydrogens is 270 g/mol. The molecular formula is C15H25N3O3. The van der Waals surface area contributed by atoms with Crippen molar-refractivity contribution in [1.29, 1.82) is 0 Å². The molecule has 3 rings (SSSR count). The van der Waals surface area contributed by atoms with Gasteiger partial charge in [0, 0.05) is 12.6 Å². The average Bonchev–Trinajstić information content (AvgIpc) is 3.31. The van der Waals surface area contributed by atoms with Crippen molar-refractivity contribution in [2.75, 3.05) is 26.3 Å². The Morgan fingerprint density at radius 3 is 2.81 bits per heavy atom. The predicted molar refractivity (Wildman–Crippen MR) is 77.7 cm³/mol. The van der Waals surface area contributed by atoms with Gasteiger partial charge in [-0.05, 0) is 45.6 Å². The first kappa shape index (κ1) is 14.8. The largest absolute Gasteiger partial charge is 0.377 e. The van der Waals surface area contributed by atoms with E-state index in [1.54, 1.807) is 4.90 Å². The smallest absolute Gasteiger partial charge is 0.245 e. The van der Waals surface area contributed by atoms with Crippen LogP contribution in [0.3, 0.4) is 0 Å². The summed E-state index contributed by atoms with van der Waals surface area (Å²) in [5, 5.41) is 6.33. The Balaban J connectivity index is 1.70. The second-order valence-corrected chi connectivity index (χ2v) is 6.59. The summed E-state index contributed by atoms with van der Waals surface area (Å²) in [5.74, 6) is -0.0218. The molecule has 2 N–H and O–H groups in total. The molecule has 0 aromatic heterocycles. The van der Waals surface area contributed by atoms with Gasteiger partial charge in [0.2, 0.25) is 11.8 Å². The van der Waals surface area contributed by atoms with Gasteiger partial charge in [-0.2, -0.15) is 0 Å². The highest BCUT2D eigenvalue weighted by molar-refractivity contribution is 5.92. The van der Waals surface area contributed by atoms with Crippen molar-refractivity contribution >= 4 is 11.8 Å². The average molecular weight is 295 g/mol. The second kappa shape index (κ2) is 5.93. The summed E-state index contributed by atoms with van der Waals surface area (Å²) in [7, 11) is 0. The number of hydrogen-bond acceptors (Lipinski definition) is 4. The Kier molecular flexibility index (Phi) is 4.17. The van der Waals surface area contributed by atoms with Crippen LogP contribution in [0.25, 0.3) is 0 Å². The first-order chi connectivity index (χ1) is 10.1. The van der Waals surface area contributed by atoms with Crippen LogP contribution in [0.4, 0.5) is 0 Å². The molecule has 1 aliphatic carbocycles. The second-order valence-electron chi connectivity index (χ2n) is 6.59. The van der Waals surface area contributed by atoms with Crippen LogP contribution in [0.5, 0.6) is 0 Å². The molecule has 1 saturated carbocycles. The van der Waals surface area contributed by atoms with E-state index in [9.17, 15) is 9.59 Å². The molecule has 2 saturated heterocycles. The van der Waals surface area contributed by atoms with Gasteiger partial charge >= 0.3 is 0 Å². The van der Waals surface area contributed by atoms with Crippen LogP contribution >= 0.6 is 0 Å². The number of carbonyl (C=O) groups is 2. The van der Waals surface area contributed by atoms with Gasteiger partial charge in [0.1, 0.15) is 6.04 Å². The topological polar surface area (TPSA) is 70.7 Å². The zero-order valence-electron chi connectivity index (χ0n) is 12.7. The van der Waals surface area contributed by atoms with Gasteiger partial charge in [0.05, 0.1) is 18.8 Å². The number of nitrogens with zero attached hydrogens (tertiary/aromatic N) is 1. The zero-order valence-corrected chi connectivity index (χ0v) is 12.7. The number of amides is 2. The molecule has 118 valence electrons. The fourth-order valence-electron chi connectivity index (χ4n) is 3.14. The lowest BCUT2D eigenvalue weighted by Gasteiger charge is -2.42. The van der Waals surface area contributed by atoms with Crippen molar-refractivity contribution in [1.82, 2.24) is 15.5 Å².